The highest BCUT2D eigenvalue weighted by molar-refractivity contribution is 5.75. The third-order valence-corrected chi connectivity index (χ3v) is 2.84. The van der Waals surface area contributed by atoms with Crippen LogP contribution in [0.4, 0.5) is 0 Å². The number of benzene rings is 1. The fraction of sp³-hybridized carbons (Fsp3) is 0.500. The zero-order chi connectivity index (χ0) is 13.4. The van der Waals surface area contributed by atoms with Crippen LogP contribution in [0.25, 0.3) is 0 Å². The van der Waals surface area contributed by atoms with Gasteiger partial charge in [-0.05, 0) is 18.5 Å². The third kappa shape index (κ3) is 4.85. The molecule has 1 rings (SSSR count). The number of carbonyl (C=O) groups is 1. The summed E-state index contributed by atoms with van der Waals surface area (Å²) in [6.07, 6.45) is 1.31. The van der Waals surface area contributed by atoms with Crippen molar-refractivity contribution in [2.75, 3.05) is 27.2 Å². The minimum Gasteiger partial charge on any atom is -0.394 e. The van der Waals surface area contributed by atoms with Crippen LogP contribution in [-0.4, -0.2) is 43.2 Å². The van der Waals surface area contributed by atoms with Crippen molar-refractivity contribution in [2.45, 2.75) is 18.9 Å². The van der Waals surface area contributed by atoms with Gasteiger partial charge >= 0.3 is 0 Å². The molecule has 0 fully saturated rings. The zero-order valence-electron chi connectivity index (χ0n) is 11.1. The topological polar surface area (TPSA) is 52.6 Å². The summed E-state index contributed by atoms with van der Waals surface area (Å²) in [6.45, 7) is 0.783. The maximum absolute atomic E-state index is 11.4. The van der Waals surface area contributed by atoms with Crippen molar-refractivity contribution in [3.8, 4) is 0 Å². The van der Waals surface area contributed by atoms with E-state index in [9.17, 15) is 9.90 Å². The van der Waals surface area contributed by atoms with Gasteiger partial charge < -0.3 is 15.3 Å². The number of hydrogen-bond donors (Lipinski definition) is 2. The third-order valence-electron chi connectivity index (χ3n) is 2.84. The molecule has 18 heavy (non-hydrogen) atoms. The van der Waals surface area contributed by atoms with Gasteiger partial charge in [-0.2, -0.15) is 0 Å². The van der Waals surface area contributed by atoms with E-state index >= 15 is 0 Å². The molecule has 0 spiro atoms. The van der Waals surface area contributed by atoms with Crippen molar-refractivity contribution < 1.29 is 9.90 Å². The molecule has 100 valence electrons. The van der Waals surface area contributed by atoms with Gasteiger partial charge in [-0.25, -0.2) is 0 Å². The summed E-state index contributed by atoms with van der Waals surface area (Å²) in [5, 5.41) is 12.6. The fourth-order valence-corrected chi connectivity index (χ4v) is 1.71. The molecule has 0 saturated carbocycles. The molecule has 1 aromatic rings. The maximum atomic E-state index is 11.4. The second-order valence-corrected chi connectivity index (χ2v) is 4.49. The van der Waals surface area contributed by atoms with E-state index in [1.807, 2.05) is 30.3 Å². The number of aliphatic hydroxyl groups is 1. The van der Waals surface area contributed by atoms with E-state index in [1.165, 1.54) is 0 Å². The van der Waals surface area contributed by atoms with Crippen molar-refractivity contribution >= 4 is 5.91 Å². The second-order valence-electron chi connectivity index (χ2n) is 4.49. The first kappa shape index (κ1) is 14.7. The largest absolute Gasteiger partial charge is 0.394 e. The number of aliphatic hydroxyl groups excluding tert-OH is 1. The standard InChI is InChI=1S/C14H22N2O2/c1-16(2)14(18)9-6-10-15-13(11-17)12-7-4-3-5-8-12/h3-5,7-8,13,15,17H,6,9-11H2,1-2H3. The number of hydrogen-bond acceptors (Lipinski definition) is 3. The summed E-state index contributed by atoms with van der Waals surface area (Å²) in [7, 11) is 3.52. The summed E-state index contributed by atoms with van der Waals surface area (Å²) >= 11 is 0. The van der Waals surface area contributed by atoms with Crippen molar-refractivity contribution in [1.82, 2.24) is 10.2 Å². The van der Waals surface area contributed by atoms with Crippen molar-refractivity contribution in [2.24, 2.45) is 0 Å². The predicted molar refractivity (Wildman–Crippen MR) is 72.2 cm³/mol. The molecule has 0 heterocycles. The van der Waals surface area contributed by atoms with E-state index in [0.717, 1.165) is 18.5 Å². The Balaban J connectivity index is 2.31. The average molecular weight is 250 g/mol. The monoisotopic (exact) mass is 250 g/mol. The summed E-state index contributed by atoms with van der Waals surface area (Å²) in [5.41, 5.74) is 1.07. The highest BCUT2D eigenvalue weighted by atomic mass is 16.3. The van der Waals surface area contributed by atoms with E-state index in [-0.39, 0.29) is 18.6 Å². The summed E-state index contributed by atoms with van der Waals surface area (Å²) in [5.74, 6) is 0.136. The number of nitrogens with zero attached hydrogens (tertiary/aromatic N) is 1. The normalized spacial score (nSPS) is 12.2. The molecule has 1 aromatic carbocycles. The number of rotatable bonds is 7. The molecular formula is C14H22N2O2. The van der Waals surface area contributed by atoms with Crippen LogP contribution in [-0.2, 0) is 4.79 Å². The Morgan fingerprint density at radius 1 is 1.33 bits per heavy atom. The molecule has 0 aliphatic heterocycles. The summed E-state index contributed by atoms with van der Waals surface area (Å²) in [4.78, 5) is 13.0. The first-order valence-corrected chi connectivity index (χ1v) is 6.24. The molecule has 0 aromatic heterocycles. The highest BCUT2D eigenvalue weighted by Gasteiger charge is 2.09. The fourth-order valence-electron chi connectivity index (χ4n) is 1.71. The van der Waals surface area contributed by atoms with Gasteiger partial charge in [-0.3, -0.25) is 4.79 Å². The molecule has 0 saturated heterocycles. The first-order chi connectivity index (χ1) is 8.65. The van der Waals surface area contributed by atoms with Crippen LogP contribution in [0.5, 0.6) is 0 Å². The lowest BCUT2D eigenvalue weighted by molar-refractivity contribution is -0.128. The van der Waals surface area contributed by atoms with Crippen LogP contribution in [0, 0.1) is 0 Å². The van der Waals surface area contributed by atoms with Gasteiger partial charge in [0.1, 0.15) is 0 Å². The number of nitrogens with one attached hydrogen (secondary N) is 1. The average Bonchev–Trinajstić information content (AvgIpc) is 2.39. The van der Waals surface area contributed by atoms with Crippen LogP contribution in [0.2, 0.25) is 0 Å². The molecule has 1 unspecified atom stereocenters. The molecule has 0 radical (unpaired) electrons. The Morgan fingerprint density at radius 3 is 2.56 bits per heavy atom. The Bertz CT molecular complexity index is 352. The molecule has 1 atom stereocenters. The minimum atomic E-state index is -0.0549. The van der Waals surface area contributed by atoms with Crippen LogP contribution in [0.1, 0.15) is 24.4 Å². The van der Waals surface area contributed by atoms with Crippen LogP contribution >= 0.6 is 0 Å². The Kier molecular flexibility index (Phi) is 6.39. The Morgan fingerprint density at radius 2 is 2.00 bits per heavy atom. The SMILES string of the molecule is CN(C)C(=O)CCCNC(CO)c1ccccc1. The highest BCUT2D eigenvalue weighted by Crippen LogP contribution is 2.11. The zero-order valence-corrected chi connectivity index (χ0v) is 11.1. The van der Waals surface area contributed by atoms with E-state index in [4.69, 9.17) is 0 Å². The van der Waals surface area contributed by atoms with Gasteiger partial charge in [0.05, 0.1) is 12.6 Å². The van der Waals surface area contributed by atoms with Gasteiger partial charge in [0, 0.05) is 20.5 Å². The molecule has 0 aliphatic rings. The van der Waals surface area contributed by atoms with Gasteiger partial charge in [0.2, 0.25) is 5.91 Å². The lowest BCUT2D eigenvalue weighted by Gasteiger charge is -2.17. The molecule has 1 amide bonds. The Hall–Kier alpha value is -1.39. The first-order valence-electron chi connectivity index (χ1n) is 6.24. The van der Waals surface area contributed by atoms with Crippen LogP contribution < -0.4 is 5.32 Å². The molecule has 0 aliphatic carbocycles. The summed E-state index contributed by atoms with van der Waals surface area (Å²) in [6, 6.07) is 9.77. The number of amides is 1. The molecule has 4 nitrogen and oxygen atoms in total. The number of carbonyl (C=O) groups excluding carboxylic acids is 1. The lowest BCUT2D eigenvalue weighted by Crippen LogP contribution is -2.27. The maximum Gasteiger partial charge on any atom is 0.222 e. The van der Waals surface area contributed by atoms with E-state index in [2.05, 4.69) is 5.32 Å². The van der Waals surface area contributed by atoms with Crippen LogP contribution in [0.15, 0.2) is 30.3 Å². The quantitative estimate of drug-likeness (QED) is 0.714. The molecule has 4 heteroatoms. The smallest absolute Gasteiger partial charge is 0.222 e. The predicted octanol–water partition coefficient (Wildman–Crippen LogP) is 1.18. The van der Waals surface area contributed by atoms with E-state index in [0.29, 0.717) is 6.42 Å². The Labute approximate surface area is 109 Å². The molecule has 0 bridgehead atoms. The summed E-state index contributed by atoms with van der Waals surface area (Å²) < 4.78 is 0. The molecule has 2 N–H and O–H groups in total. The van der Waals surface area contributed by atoms with Crippen LogP contribution in [0.3, 0.4) is 0 Å². The van der Waals surface area contributed by atoms with Gasteiger partial charge in [-0.15, -0.1) is 0 Å². The van der Waals surface area contributed by atoms with Gasteiger partial charge in [0.25, 0.3) is 0 Å². The minimum absolute atomic E-state index is 0.0549. The van der Waals surface area contributed by atoms with Crippen molar-refractivity contribution in [3.05, 3.63) is 35.9 Å². The van der Waals surface area contributed by atoms with E-state index < -0.39 is 0 Å². The van der Waals surface area contributed by atoms with Crippen molar-refractivity contribution in [3.63, 3.8) is 0 Å². The van der Waals surface area contributed by atoms with Gasteiger partial charge in [0.15, 0.2) is 0 Å². The van der Waals surface area contributed by atoms with E-state index in [1.54, 1.807) is 19.0 Å². The second kappa shape index (κ2) is 7.84. The molecular weight excluding hydrogens is 228 g/mol. The van der Waals surface area contributed by atoms with Gasteiger partial charge in [-0.1, -0.05) is 30.3 Å². The van der Waals surface area contributed by atoms with Crippen molar-refractivity contribution in [1.29, 1.82) is 0 Å². The lowest BCUT2D eigenvalue weighted by atomic mass is 10.1.